The topological polar surface area (TPSA) is 115 Å². The van der Waals surface area contributed by atoms with E-state index in [-0.39, 0.29) is 16.3 Å². The molecule has 8 nitrogen and oxygen atoms in total. The quantitative estimate of drug-likeness (QED) is 0.306. The molecule has 0 spiro atoms. The number of nitrogens with two attached hydrogens (primary N) is 1. The Hall–Kier alpha value is -4.24. The van der Waals surface area contributed by atoms with Crippen LogP contribution in [0.4, 0.5) is 5.69 Å². The Morgan fingerprint density at radius 2 is 1.88 bits per heavy atom. The van der Waals surface area contributed by atoms with Crippen molar-refractivity contribution in [3.8, 4) is 22.7 Å². The summed E-state index contributed by atoms with van der Waals surface area (Å²) >= 11 is 1.13. The van der Waals surface area contributed by atoms with E-state index in [1.54, 1.807) is 19.2 Å². The van der Waals surface area contributed by atoms with Gasteiger partial charge in [0.25, 0.3) is 5.78 Å². The first-order chi connectivity index (χ1) is 16.0. The Morgan fingerprint density at radius 3 is 2.64 bits per heavy atom. The Morgan fingerprint density at radius 1 is 1.12 bits per heavy atom. The lowest BCUT2D eigenvalue weighted by atomic mass is 10.1. The largest absolute Gasteiger partial charge is 0.496 e. The lowest BCUT2D eigenvalue weighted by Gasteiger charge is -2.07. The number of nitrogens with zero attached hydrogens (tertiary/aromatic N) is 2. The number of aromatic amines is 1. The fourth-order valence-electron chi connectivity index (χ4n) is 3.62. The summed E-state index contributed by atoms with van der Waals surface area (Å²) in [6, 6.07) is 18.5. The van der Waals surface area contributed by atoms with Crippen molar-refractivity contribution in [1.29, 1.82) is 0 Å². The van der Waals surface area contributed by atoms with Gasteiger partial charge in [-0.15, -0.1) is 11.3 Å². The first-order valence-electron chi connectivity index (χ1n) is 10.1. The molecule has 164 valence electrons. The van der Waals surface area contributed by atoms with Crippen molar-refractivity contribution in [3.63, 3.8) is 0 Å². The first kappa shape index (κ1) is 20.7. The van der Waals surface area contributed by atoms with Crippen molar-refractivity contribution >= 4 is 33.0 Å². The van der Waals surface area contributed by atoms with Gasteiger partial charge in [0.05, 0.1) is 18.5 Å². The fourth-order valence-corrected chi connectivity index (χ4v) is 4.66. The number of nitrogens with one attached hydrogen (secondary N) is 1. The van der Waals surface area contributed by atoms with Crippen molar-refractivity contribution < 1.29 is 18.7 Å². The summed E-state index contributed by atoms with van der Waals surface area (Å²) in [5.41, 5.74) is 8.80. The minimum Gasteiger partial charge on any atom is -0.496 e. The van der Waals surface area contributed by atoms with E-state index in [0.717, 1.165) is 22.5 Å². The smallest absolute Gasteiger partial charge is 0.439 e. The third-order valence-corrected chi connectivity index (χ3v) is 6.45. The molecule has 0 fully saturated rings. The number of carbonyl (C=O) groups is 1. The molecule has 3 N–H and O–H groups in total. The first-order valence-corrected chi connectivity index (χ1v) is 10.9. The highest BCUT2D eigenvalue weighted by Crippen LogP contribution is 2.36. The standard InChI is InChI=1S/C24H18N4O4S/c1-13-7-9-14(10-8-13)28-20(24(30)32-27-28)21(29)22-19(25)16-11-12-17(26-23(16)33-22)15-5-3-4-6-18(15)31-2/h3-12H,1-2H3,(H2-,25,27,29,30)/p+1. The molecule has 0 atom stereocenters. The van der Waals surface area contributed by atoms with Crippen LogP contribution in [0.3, 0.4) is 0 Å². The van der Waals surface area contributed by atoms with Crippen LogP contribution in [-0.2, 0) is 0 Å². The number of methoxy groups -OCH3 is 1. The third kappa shape index (κ3) is 3.48. The van der Waals surface area contributed by atoms with Crippen molar-refractivity contribution in [1.82, 2.24) is 10.3 Å². The number of aromatic nitrogens is 3. The number of anilines is 1. The molecule has 2 aromatic carbocycles. The summed E-state index contributed by atoms with van der Waals surface area (Å²) in [4.78, 5) is 31.4. The molecule has 5 aromatic rings. The van der Waals surface area contributed by atoms with E-state index in [9.17, 15) is 9.59 Å². The van der Waals surface area contributed by atoms with Crippen molar-refractivity contribution in [3.05, 3.63) is 87.2 Å². The van der Waals surface area contributed by atoms with Gasteiger partial charge in [0, 0.05) is 23.1 Å². The molecule has 0 amide bonds. The Labute approximate surface area is 191 Å². The lowest BCUT2D eigenvalue weighted by molar-refractivity contribution is -0.672. The Bertz CT molecular complexity index is 1560. The molecular formula is C24H19N4O4S+. The zero-order valence-electron chi connectivity index (χ0n) is 17.8. The predicted octanol–water partition coefficient (Wildman–Crippen LogP) is 3.65. The highest BCUT2D eigenvalue weighted by molar-refractivity contribution is 7.21. The number of ether oxygens (including phenoxy) is 1. The summed E-state index contributed by atoms with van der Waals surface area (Å²) in [6.45, 7) is 1.95. The number of para-hydroxylation sites is 1. The molecule has 9 heteroatoms. The molecule has 0 saturated carbocycles. The number of carbonyl (C=O) groups excluding carboxylic acids is 1. The van der Waals surface area contributed by atoms with Gasteiger partial charge >= 0.3 is 11.3 Å². The number of hydrogen-bond donors (Lipinski definition) is 2. The fraction of sp³-hybridized carbons (Fsp3) is 0.0833. The molecular weight excluding hydrogens is 440 g/mol. The van der Waals surface area contributed by atoms with Crippen molar-refractivity contribution in [2.75, 3.05) is 12.8 Å². The van der Waals surface area contributed by atoms with E-state index in [0.29, 0.717) is 27.3 Å². The van der Waals surface area contributed by atoms with E-state index in [1.165, 1.54) is 4.68 Å². The van der Waals surface area contributed by atoms with Crippen LogP contribution in [0.5, 0.6) is 5.75 Å². The lowest BCUT2D eigenvalue weighted by Crippen LogP contribution is -2.41. The van der Waals surface area contributed by atoms with Crippen LogP contribution < -0.4 is 20.8 Å². The molecule has 0 saturated heterocycles. The Balaban J connectivity index is 1.61. The average Bonchev–Trinajstić information content (AvgIpc) is 3.38. The van der Waals surface area contributed by atoms with Crippen LogP contribution in [-0.4, -0.2) is 23.1 Å². The third-order valence-electron chi connectivity index (χ3n) is 5.34. The number of aryl methyl sites for hydroxylation is 1. The van der Waals surface area contributed by atoms with Crippen LogP contribution >= 0.6 is 11.3 Å². The summed E-state index contributed by atoms with van der Waals surface area (Å²) in [7, 11) is 1.60. The van der Waals surface area contributed by atoms with E-state index < -0.39 is 11.4 Å². The van der Waals surface area contributed by atoms with E-state index in [4.69, 9.17) is 20.0 Å². The molecule has 33 heavy (non-hydrogen) atoms. The minimum absolute atomic E-state index is 0.165. The van der Waals surface area contributed by atoms with Crippen LogP contribution in [0.2, 0.25) is 0 Å². The molecule has 0 aliphatic heterocycles. The highest BCUT2D eigenvalue weighted by atomic mass is 32.1. The number of fused-ring (bicyclic) bond motifs is 1. The number of H-pyrrole nitrogens is 1. The SMILES string of the molecule is COc1ccccc1-c1ccc2c(N)c(C(=O)c3c(=O)o[nH][n+]3-c3ccc(C)cc3)sc2n1. The molecule has 5 rings (SSSR count). The molecule has 0 radical (unpaired) electrons. The summed E-state index contributed by atoms with van der Waals surface area (Å²) in [5.74, 6) is 0.152. The number of rotatable bonds is 5. The molecule has 3 heterocycles. The summed E-state index contributed by atoms with van der Waals surface area (Å²) in [6.07, 6.45) is 0. The number of pyridine rings is 1. The van der Waals surface area contributed by atoms with Gasteiger partial charge in [-0.05, 0) is 41.1 Å². The number of thiophene rings is 1. The Kier molecular flexibility index (Phi) is 5.02. The number of benzene rings is 2. The number of hydrogen-bond acceptors (Lipinski definition) is 7. The molecule has 0 aliphatic rings. The molecule has 0 aliphatic carbocycles. The molecule has 0 bridgehead atoms. The van der Waals surface area contributed by atoms with Crippen LogP contribution in [0.25, 0.3) is 27.2 Å². The van der Waals surface area contributed by atoms with Gasteiger partial charge in [-0.25, -0.2) is 9.78 Å². The van der Waals surface area contributed by atoms with E-state index >= 15 is 0 Å². The number of nitrogen functional groups attached to an aromatic ring is 1. The van der Waals surface area contributed by atoms with Gasteiger partial charge in [0.2, 0.25) is 5.69 Å². The second-order valence-electron chi connectivity index (χ2n) is 7.42. The predicted molar refractivity (Wildman–Crippen MR) is 125 cm³/mol. The maximum atomic E-state index is 13.4. The maximum Gasteiger partial charge on any atom is 0.439 e. The zero-order chi connectivity index (χ0) is 23.1. The minimum atomic E-state index is -0.778. The van der Waals surface area contributed by atoms with Gasteiger partial charge in [-0.1, -0.05) is 29.8 Å². The van der Waals surface area contributed by atoms with Crippen LogP contribution in [0.15, 0.2) is 70.0 Å². The van der Waals surface area contributed by atoms with E-state index in [1.807, 2.05) is 55.5 Å². The normalized spacial score (nSPS) is 11.1. The molecule has 3 aromatic heterocycles. The van der Waals surface area contributed by atoms with Gasteiger partial charge in [-0.2, -0.15) is 0 Å². The van der Waals surface area contributed by atoms with Gasteiger partial charge < -0.3 is 10.5 Å². The van der Waals surface area contributed by atoms with Gasteiger partial charge in [-0.3, -0.25) is 9.32 Å². The zero-order valence-corrected chi connectivity index (χ0v) is 18.6. The van der Waals surface area contributed by atoms with Gasteiger partial charge in [0.1, 0.15) is 15.5 Å². The van der Waals surface area contributed by atoms with Crippen LogP contribution in [0.1, 0.15) is 20.9 Å². The average molecular weight is 460 g/mol. The maximum absolute atomic E-state index is 13.4. The van der Waals surface area contributed by atoms with Crippen LogP contribution in [0, 0.1) is 6.92 Å². The summed E-state index contributed by atoms with van der Waals surface area (Å²) in [5, 5.41) is 3.14. The van der Waals surface area contributed by atoms with Crippen molar-refractivity contribution in [2.45, 2.75) is 6.92 Å². The van der Waals surface area contributed by atoms with E-state index in [2.05, 4.69) is 5.27 Å². The highest BCUT2D eigenvalue weighted by Gasteiger charge is 2.34. The second kappa shape index (κ2) is 8.03. The van der Waals surface area contributed by atoms with Crippen molar-refractivity contribution in [2.24, 2.45) is 0 Å². The number of ketones is 1. The van der Waals surface area contributed by atoms with Gasteiger partial charge in [0.15, 0.2) is 0 Å². The monoisotopic (exact) mass is 459 g/mol. The summed E-state index contributed by atoms with van der Waals surface area (Å²) < 4.78 is 11.7. The second-order valence-corrected chi connectivity index (χ2v) is 8.42. The molecule has 0 unspecified atom stereocenters.